The van der Waals surface area contributed by atoms with Crippen molar-refractivity contribution >= 4 is 0 Å². The van der Waals surface area contributed by atoms with Crippen molar-refractivity contribution in [1.29, 1.82) is 0 Å². The summed E-state index contributed by atoms with van der Waals surface area (Å²) in [6, 6.07) is 9.34. The lowest BCUT2D eigenvalue weighted by Crippen LogP contribution is -2.21. The summed E-state index contributed by atoms with van der Waals surface area (Å²) in [6.07, 6.45) is 0. The third-order valence-electron chi connectivity index (χ3n) is 3.07. The van der Waals surface area contributed by atoms with Gasteiger partial charge in [0.1, 0.15) is 11.6 Å². The Balaban J connectivity index is 2.13. The van der Waals surface area contributed by atoms with E-state index >= 15 is 0 Å². The van der Waals surface area contributed by atoms with Crippen LogP contribution in [0.25, 0.3) is 0 Å². The van der Waals surface area contributed by atoms with Crippen LogP contribution in [0.1, 0.15) is 25.0 Å². The lowest BCUT2D eigenvalue weighted by Gasteiger charge is -2.12. The molecule has 2 aromatic carbocycles. The monoisotopic (exact) mass is 291 g/mol. The summed E-state index contributed by atoms with van der Waals surface area (Å²) in [5, 5.41) is 3.22. The normalized spacial score (nSPS) is 11.0. The SMILES string of the molecule is Cc1cc(F)ccc1Oc1ccc(CNC(C)C)cc1F. The Kier molecular flexibility index (Phi) is 4.91. The molecule has 0 amide bonds. The van der Waals surface area contributed by atoms with Gasteiger partial charge in [0.05, 0.1) is 0 Å². The van der Waals surface area contributed by atoms with Gasteiger partial charge in [-0.05, 0) is 48.4 Å². The smallest absolute Gasteiger partial charge is 0.166 e. The first-order valence-corrected chi connectivity index (χ1v) is 6.91. The molecule has 0 bridgehead atoms. The van der Waals surface area contributed by atoms with Gasteiger partial charge in [-0.1, -0.05) is 19.9 Å². The van der Waals surface area contributed by atoms with Gasteiger partial charge in [-0.15, -0.1) is 0 Å². The van der Waals surface area contributed by atoms with E-state index < -0.39 is 5.82 Å². The Morgan fingerprint density at radius 2 is 1.76 bits per heavy atom. The largest absolute Gasteiger partial charge is 0.454 e. The standard InChI is InChI=1S/C17H19F2NO/c1-11(2)20-10-13-4-6-17(15(19)9-13)21-16-7-5-14(18)8-12(16)3/h4-9,11,20H,10H2,1-3H3. The van der Waals surface area contributed by atoms with Crippen LogP contribution in [0.2, 0.25) is 0 Å². The zero-order valence-corrected chi connectivity index (χ0v) is 12.4. The van der Waals surface area contributed by atoms with E-state index in [4.69, 9.17) is 4.74 Å². The van der Waals surface area contributed by atoms with Crippen LogP contribution in [0.15, 0.2) is 36.4 Å². The molecule has 0 saturated carbocycles. The Hall–Kier alpha value is -1.94. The average molecular weight is 291 g/mol. The second-order valence-corrected chi connectivity index (χ2v) is 5.31. The van der Waals surface area contributed by atoms with E-state index in [2.05, 4.69) is 5.32 Å². The topological polar surface area (TPSA) is 21.3 Å². The minimum absolute atomic E-state index is 0.137. The fourth-order valence-corrected chi connectivity index (χ4v) is 1.90. The third-order valence-corrected chi connectivity index (χ3v) is 3.07. The predicted molar refractivity (Wildman–Crippen MR) is 79.6 cm³/mol. The molecule has 0 unspecified atom stereocenters. The zero-order chi connectivity index (χ0) is 15.4. The summed E-state index contributed by atoms with van der Waals surface area (Å²) in [7, 11) is 0. The minimum Gasteiger partial charge on any atom is -0.454 e. The lowest BCUT2D eigenvalue weighted by molar-refractivity contribution is 0.437. The number of hydrogen-bond donors (Lipinski definition) is 1. The highest BCUT2D eigenvalue weighted by Gasteiger charge is 2.08. The molecular weight excluding hydrogens is 272 g/mol. The Morgan fingerprint density at radius 1 is 1.05 bits per heavy atom. The van der Waals surface area contributed by atoms with Gasteiger partial charge < -0.3 is 10.1 Å². The quantitative estimate of drug-likeness (QED) is 0.871. The van der Waals surface area contributed by atoms with E-state index in [1.165, 1.54) is 24.3 Å². The molecule has 2 aromatic rings. The van der Waals surface area contributed by atoms with E-state index in [1.807, 2.05) is 19.9 Å². The number of aryl methyl sites for hydroxylation is 1. The fraction of sp³-hybridized carbons (Fsp3) is 0.294. The maximum absolute atomic E-state index is 14.0. The molecule has 4 heteroatoms. The van der Waals surface area contributed by atoms with Crippen LogP contribution in [0.4, 0.5) is 8.78 Å². The van der Waals surface area contributed by atoms with Gasteiger partial charge in [-0.25, -0.2) is 8.78 Å². The number of nitrogens with one attached hydrogen (secondary N) is 1. The van der Waals surface area contributed by atoms with Gasteiger partial charge in [0.15, 0.2) is 11.6 Å². The van der Waals surface area contributed by atoms with Crippen molar-refractivity contribution in [3.8, 4) is 11.5 Å². The first-order valence-electron chi connectivity index (χ1n) is 6.91. The second kappa shape index (κ2) is 6.68. The molecule has 0 aliphatic rings. The van der Waals surface area contributed by atoms with Gasteiger partial charge in [-0.3, -0.25) is 0 Å². The number of hydrogen-bond acceptors (Lipinski definition) is 2. The summed E-state index contributed by atoms with van der Waals surface area (Å²) in [5.41, 5.74) is 1.48. The number of rotatable bonds is 5. The Morgan fingerprint density at radius 3 is 2.38 bits per heavy atom. The maximum Gasteiger partial charge on any atom is 0.166 e. The predicted octanol–water partition coefficient (Wildman–Crippen LogP) is 4.56. The number of halogens is 2. The molecule has 2 nitrogen and oxygen atoms in total. The van der Waals surface area contributed by atoms with Crippen molar-refractivity contribution in [2.24, 2.45) is 0 Å². The molecule has 0 spiro atoms. The molecule has 0 radical (unpaired) electrons. The number of ether oxygens (including phenoxy) is 1. The minimum atomic E-state index is -0.429. The molecule has 0 saturated heterocycles. The third kappa shape index (κ3) is 4.26. The molecule has 0 atom stereocenters. The lowest BCUT2D eigenvalue weighted by atomic mass is 10.2. The number of benzene rings is 2. The van der Waals surface area contributed by atoms with E-state index in [9.17, 15) is 8.78 Å². The molecule has 0 aliphatic carbocycles. The molecule has 0 aliphatic heterocycles. The van der Waals surface area contributed by atoms with Gasteiger partial charge in [0.25, 0.3) is 0 Å². The average Bonchev–Trinajstić information content (AvgIpc) is 2.42. The van der Waals surface area contributed by atoms with Crippen LogP contribution in [-0.4, -0.2) is 6.04 Å². The van der Waals surface area contributed by atoms with Crippen LogP contribution in [0.3, 0.4) is 0 Å². The first kappa shape index (κ1) is 15.4. The van der Waals surface area contributed by atoms with Crippen LogP contribution >= 0.6 is 0 Å². The molecular formula is C17H19F2NO. The first-order chi connectivity index (χ1) is 9.95. The summed E-state index contributed by atoms with van der Waals surface area (Å²) in [4.78, 5) is 0. The molecule has 21 heavy (non-hydrogen) atoms. The van der Waals surface area contributed by atoms with Crippen LogP contribution in [-0.2, 0) is 6.54 Å². The van der Waals surface area contributed by atoms with E-state index in [0.717, 1.165) is 5.56 Å². The molecule has 2 rings (SSSR count). The van der Waals surface area contributed by atoms with Crippen molar-refractivity contribution in [2.45, 2.75) is 33.4 Å². The van der Waals surface area contributed by atoms with Gasteiger partial charge >= 0.3 is 0 Å². The summed E-state index contributed by atoms with van der Waals surface area (Å²) in [5.74, 6) is -0.182. The Bertz CT molecular complexity index is 626. The highest BCUT2D eigenvalue weighted by molar-refractivity contribution is 5.38. The van der Waals surface area contributed by atoms with Crippen molar-refractivity contribution < 1.29 is 13.5 Å². The van der Waals surface area contributed by atoms with Crippen LogP contribution in [0.5, 0.6) is 11.5 Å². The molecule has 0 fully saturated rings. The van der Waals surface area contributed by atoms with Gasteiger partial charge in [-0.2, -0.15) is 0 Å². The molecule has 0 aromatic heterocycles. The van der Waals surface area contributed by atoms with Crippen LogP contribution in [0, 0.1) is 18.6 Å². The summed E-state index contributed by atoms with van der Waals surface area (Å²) in [6.45, 7) is 6.39. The Labute approximate surface area is 123 Å². The fourth-order valence-electron chi connectivity index (χ4n) is 1.90. The van der Waals surface area contributed by atoms with E-state index in [1.54, 1.807) is 13.0 Å². The van der Waals surface area contributed by atoms with Crippen molar-refractivity contribution in [3.05, 3.63) is 59.2 Å². The van der Waals surface area contributed by atoms with Crippen LogP contribution < -0.4 is 10.1 Å². The van der Waals surface area contributed by atoms with E-state index in [0.29, 0.717) is 23.9 Å². The van der Waals surface area contributed by atoms with E-state index in [-0.39, 0.29) is 11.6 Å². The maximum atomic E-state index is 14.0. The highest BCUT2D eigenvalue weighted by Crippen LogP contribution is 2.28. The second-order valence-electron chi connectivity index (χ2n) is 5.31. The van der Waals surface area contributed by atoms with Crippen molar-refractivity contribution in [3.63, 3.8) is 0 Å². The zero-order valence-electron chi connectivity index (χ0n) is 12.4. The van der Waals surface area contributed by atoms with Gasteiger partial charge in [0, 0.05) is 12.6 Å². The molecule has 112 valence electrons. The van der Waals surface area contributed by atoms with Gasteiger partial charge in [0.2, 0.25) is 0 Å². The molecule has 1 N–H and O–H groups in total. The highest BCUT2D eigenvalue weighted by atomic mass is 19.1. The summed E-state index contributed by atoms with van der Waals surface area (Å²) >= 11 is 0. The van der Waals surface area contributed by atoms with Crippen molar-refractivity contribution in [1.82, 2.24) is 5.32 Å². The molecule has 0 heterocycles. The summed E-state index contributed by atoms with van der Waals surface area (Å²) < 4.78 is 32.6. The van der Waals surface area contributed by atoms with Crippen molar-refractivity contribution in [2.75, 3.05) is 0 Å².